The summed E-state index contributed by atoms with van der Waals surface area (Å²) in [5.41, 5.74) is 0. The lowest BCUT2D eigenvalue weighted by Gasteiger charge is -2.42. The van der Waals surface area contributed by atoms with E-state index in [9.17, 15) is 0 Å². The standard InChI is InChI=1S/C15H31N3/c1-5-16-7-6-15(11-16)12-18-9-8-17(13(2)3)10-14(18)4/h13-15H,5-12H2,1-4H3. The minimum atomic E-state index is 0.705. The predicted molar refractivity (Wildman–Crippen MR) is 78.0 cm³/mol. The van der Waals surface area contributed by atoms with Crippen molar-refractivity contribution in [3.05, 3.63) is 0 Å². The second-order valence-corrected chi connectivity index (χ2v) is 6.48. The van der Waals surface area contributed by atoms with Gasteiger partial charge >= 0.3 is 0 Å². The molecule has 2 saturated heterocycles. The van der Waals surface area contributed by atoms with Crippen LogP contribution in [0.15, 0.2) is 0 Å². The van der Waals surface area contributed by atoms with Crippen molar-refractivity contribution in [3.8, 4) is 0 Å². The van der Waals surface area contributed by atoms with E-state index in [-0.39, 0.29) is 0 Å². The lowest BCUT2D eigenvalue weighted by atomic mass is 10.1. The van der Waals surface area contributed by atoms with E-state index in [4.69, 9.17) is 0 Å². The Morgan fingerprint density at radius 1 is 1.11 bits per heavy atom. The molecule has 0 aromatic carbocycles. The van der Waals surface area contributed by atoms with Crippen molar-refractivity contribution < 1.29 is 0 Å². The lowest BCUT2D eigenvalue weighted by molar-refractivity contribution is 0.0547. The zero-order chi connectivity index (χ0) is 13.1. The molecular weight excluding hydrogens is 222 g/mol. The molecule has 0 aliphatic carbocycles. The summed E-state index contributed by atoms with van der Waals surface area (Å²) in [5, 5.41) is 0. The summed E-state index contributed by atoms with van der Waals surface area (Å²) in [4.78, 5) is 7.94. The van der Waals surface area contributed by atoms with Crippen LogP contribution in [0.5, 0.6) is 0 Å². The molecule has 0 radical (unpaired) electrons. The Hall–Kier alpha value is -0.120. The Morgan fingerprint density at radius 2 is 1.89 bits per heavy atom. The van der Waals surface area contributed by atoms with Gasteiger partial charge < -0.3 is 4.90 Å². The first-order valence-electron chi connectivity index (χ1n) is 7.80. The van der Waals surface area contributed by atoms with Crippen LogP contribution in [0.3, 0.4) is 0 Å². The largest absolute Gasteiger partial charge is 0.303 e. The third-order valence-electron chi connectivity index (χ3n) is 4.84. The summed E-state index contributed by atoms with van der Waals surface area (Å²) in [6.07, 6.45) is 1.41. The van der Waals surface area contributed by atoms with E-state index < -0.39 is 0 Å². The molecule has 0 aromatic heterocycles. The van der Waals surface area contributed by atoms with Gasteiger partial charge in [0.05, 0.1) is 0 Å². The molecule has 2 atom stereocenters. The molecule has 0 spiro atoms. The van der Waals surface area contributed by atoms with E-state index in [1.54, 1.807) is 0 Å². The van der Waals surface area contributed by atoms with Crippen molar-refractivity contribution >= 4 is 0 Å². The van der Waals surface area contributed by atoms with Gasteiger partial charge in [-0.05, 0) is 46.2 Å². The van der Waals surface area contributed by atoms with Crippen LogP contribution in [-0.2, 0) is 0 Å². The van der Waals surface area contributed by atoms with Gasteiger partial charge in [0.15, 0.2) is 0 Å². The number of rotatable bonds is 4. The van der Waals surface area contributed by atoms with Gasteiger partial charge in [0.25, 0.3) is 0 Å². The highest BCUT2D eigenvalue weighted by Crippen LogP contribution is 2.20. The van der Waals surface area contributed by atoms with E-state index in [1.165, 1.54) is 52.2 Å². The lowest BCUT2D eigenvalue weighted by Crippen LogP contribution is -2.54. The summed E-state index contributed by atoms with van der Waals surface area (Å²) >= 11 is 0. The molecule has 2 aliphatic rings. The maximum absolute atomic E-state index is 2.72. The molecular formula is C15H31N3. The topological polar surface area (TPSA) is 9.72 Å². The van der Waals surface area contributed by atoms with Gasteiger partial charge in [-0.15, -0.1) is 0 Å². The average molecular weight is 253 g/mol. The maximum atomic E-state index is 2.72. The van der Waals surface area contributed by atoms with Crippen molar-refractivity contribution in [1.29, 1.82) is 0 Å². The van der Waals surface area contributed by atoms with Gasteiger partial charge in [-0.3, -0.25) is 9.80 Å². The third-order valence-corrected chi connectivity index (χ3v) is 4.84. The Labute approximate surface area is 113 Å². The Balaban J connectivity index is 1.77. The van der Waals surface area contributed by atoms with Crippen LogP contribution in [-0.4, -0.2) is 72.6 Å². The Kier molecular flexibility index (Phi) is 5.05. The number of hydrogen-bond acceptors (Lipinski definition) is 3. The van der Waals surface area contributed by atoms with E-state index in [1.807, 2.05) is 0 Å². The zero-order valence-electron chi connectivity index (χ0n) is 12.7. The number of nitrogens with zero attached hydrogens (tertiary/aromatic N) is 3. The van der Waals surface area contributed by atoms with Gasteiger partial charge in [-0.1, -0.05) is 6.92 Å². The first kappa shape index (κ1) is 14.3. The van der Waals surface area contributed by atoms with Crippen LogP contribution in [0.4, 0.5) is 0 Å². The minimum absolute atomic E-state index is 0.705. The maximum Gasteiger partial charge on any atom is 0.0195 e. The van der Waals surface area contributed by atoms with Crippen LogP contribution in [0.2, 0.25) is 0 Å². The van der Waals surface area contributed by atoms with Gasteiger partial charge in [0.1, 0.15) is 0 Å². The van der Waals surface area contributed by atoms with E-state index in [2.05, 4.69) is 42.4 Å². The van der Waals surface area contributed by atoms with Crippen molar-refractivity contribution in [3.63, 3.8) is 0 Å². The first-order chi connectivity index (χ1) is 8.60. The highest BCUT2D eigenvalue weighted by atomic mass is 15.3. The minimum Gasteiger partial charge on any atom is -0.303 e. The molecule has 0 saturated carbocycles. The van der Waals surface area contributed by atoms with Crippen LogP contribution in [0, 0.1) is 5.92 Å². The van der Waals surface area contributed by atoms with Crippen molar-refractivity contribution in [2.75, 3.05) is 45.8 Å². The smallest absolute Gasteiger partial charge is 0.0195 e. The van der Waals surface area contributed by atoms with E-state index in [0.29, 0.717) is 6.04 Å². The molecule has 2 aliphatic heterocycles. The summed E-state index contributed by atoms with van der Waals surface area (Å²) in [6.45, 7) is 18.3. The van der Waals surface area contributed by atoms with E-state index >= 15 is 0 Å². The van der Waals surface area contributed by atoms with Crippen LogP contribution >= 0.6 is 0 Å². The predicted octanol–water partition coefficient (Wildman–Crippen LogP) is 1.74. The van der Waals surface area contributed by atoms with Gasteiger partial charge in [-0.2, -0.15) is 0 Å². The highest BCUT2D eigenvalue weighted by Gasteiger charge is 2.29. The Bertz CT molecular complexity index is 254. The first-order valence-corrected chi connectivity index (χ1v) is 7.80. The molecule has 3 nitrogen and oxygen atoms in total. The molecule has 2 fully saturated rings. The monoisotopic (exact) mass is 253 g/mol. The molecule has 0 aromatic rings. The molecule has 106 valence electrons. The summed E-state index contributed by atoms with van der Waals surface area (Å²) < 4.78 is 0. The number of piperazine rings is 1. The number of likely N-dealkylation sites (tertiary alicyclic amines) is 1. The fourth-order valence-electron chi connectivity index (χ4n) is 3.44. The quantitative estimate of drug-likeness (QED) is 0.756. The van der Waals surface area contributed by atoms with Gasteiger partial charge in [-0.25, -0.2) is 0 Å². The van der Waals surface area contributed by atoms with Gasteiger partial charge in [0, 0.05) is 44.8 Å². The van der Waals surface area contributed by atoms with Crippen molar-refractivity contribution in [2.24, 2.45) is 5.92 Å². The fourth-order valence-corrected chi connectivity index (χ4v) is 3.44. The van der Waals surface area contributed by atoms with E-state index in [0.717, 1.165) is 12.0 Å². The van der Waals surface area contributed by atoms with Crippen molar-refractivity contribution in [1.82, 2.24) is 14.7 Å². The molecule has 18 heavy (non-hydrogen) atoms. The molecule has 3 heteroatoms. The average Bonchev–Trinajstić information content (AvgIpc) is 2.79. The zero-order valence-corrected chi connectivity index (χ0v) is 12.7. The van der Waals surface area contributed by atoms with Gasteiger partial charge in [0.2, 0.25) is 0 Å². The summed E-state index contributed by atoms with van der Waals surface area (Å²) in [7, 11) is 0. The molecule has 0 amide bonds. The molecule has 2 heterocycles. The second kappa shape index (κ2) is 6.36. The Morgan fingerprint density at radius 3 is 2.44 bits per heavy atom. The number of hydrogen-bond donors (Lipinski definition) is 0. The van der Waals surface area contributed by atoms with Crippen LogP contribution in [0.25, 0.3) is 0 Å². The third kappa shape index (κ3) is 3.46. The van der Waals surface area contributed by atoms with Crippen LogP contribution in [0.1, 0.15) is 34.1 Å². The molecule has 0 bridgehead atoms. The summed E-state index contributed by atoms with van der Waals surface area (Å²) in [5.74, 6) is 0.915. The SMILES string of the molecule is CCN1CCC(CN2CCN(C(C)C)CC2C)C1. The highest BCUT2D eigenvalue weighted by molar-refractivity contribution is 4.84. The fraction of sp³-hybridized carbons (Fsp3) is 1.00. The second-order valence-electron chi connectivity index (χ2n) is 6.48. The molecule has 2 rings (SSSR count). The molecule has 2 unspecified atom stereocenters. The van der Waals surface area contributed by atoms with Crippen LogP contribution < -0.4 is 0 Å². The summed E-state index contributed by atoms with van der Waals surface area (Å²) in [6, 6.07) is 1.44. The molecule has 0 N–H and O–H groups in total. The normalized spacial score (nSPS) is 32.5. The van der Waals surface area contributed by atoms with Crippen molar-refractivity contribution in [2.45, 2.75) is 46.2 Å².